The minimum absolute atomic E-state index is 0.00400. The van der Waals surface area contributed by atoms with E-state index in [-0.39, 0.29) is 11.8 Å². The third-order valence-corrected chi connectivity index (χ3v) is 4.20. The van der Waals surface area contributed by atoms with Crippen LogP contribution >= 0.6 is 0 Å². The molecule has 1 aliphatic rings. The molecule has 0 saturated heterocycles. The summed E-state index contributed by atoms with van der Waals surface area (Å²) in [5.74, 6) is -0.984. The molecular weight excluding hydrogens is 230 g/mol. The highest BCUT2D eigenvalue weighted by molar-refractivity contribution is 5.88. The number of carbonyl (C=O) groups is 2. The molecule has 4 nitrogen and oxygen atoms in total. The smallest absolute Gasteiger partial charge is 0.329 e. The van der Waals surface area contributed by atoms with Gasteiger partial charge in [0.15, 0.2) is 0 Å². The molecule has 1 amide bonds. The first-order chi connectivity index (χ1) is 8.55. The Labute approximate surface area is 109 Å². The number of aliphatic carboxylic acids is 1. The van der Waals surface area contributed by atoms with Crippen LogP contribution in [0.3, 0.4) is 0 Å². The first kappa shape index (κ1) is 15.0. The molecule has 0 aliphatic heterocycles. The average Bonchev–Trinajstić information content (AvgIpc) is 2.64. The molecule has 1 rings (SSSR count). The quantitative estimate of drug-likeness (QED) is 0.742. The van der Waals surface area contributed by atoms with Crippen molar-refractivity contribution in [3.63, 3.8) is 0 Å². The van der Waals surface area contributed by atoms with Gasteiger partial charge in [-0.25, -0.2) is 4.79 Å². The highest BCUT2D eigenvalue weighted by Crippen LogP contribution is 2.25. The summed E-state index contributed by atoms with van der Waals surface area (Å²) >= 11 is 0. The molecule has 0 radical (unpaired) electrons. The standard InChI is InChI=1S/C14H25NO3/c1-3-14(4-2,13(17)18)15-12(16)11-9-7-5-6-8-10-11/h11H,3-10H2,1-2H3,(H,15,16)(H,17,18). The van der Waals surface area contributed by atoms with Gasteiger partial charge in [0.05, 0.1) is 0 Å². The number of carboxylic acids is 1. The lowest BCUT2D eigenvalue weighted by Gasteiger charge is -2.30. The van der Waals surface area contributed by atoms with Crippen molar-refractivity contribution in [3.8, 4) is 0 Å². The van der Waals surface area contributed by atoms with Crippen LogP contribution in [0.4, 0.5) is 0 Å². The fourth-order valence-electron chi connectivity index (χ4n) is 2.66. The Kier molecular flexibility index (Phi) is 5.63. The van der Waals surface area contributed by atoms with Crippen LogP contribution in [0.15, 0.2) is 0 Å². The van der Waals surface area contributed by atoms with E-state index in [4.69, 9.17) is 0 Å². The van der Waals surface area contributed by atoms with Crippen LogP contribution in [-0.2, 0) is 9.59 Å². The van der Waals surface area contributed by atoms with E-state index in [1.165, 1.54) is 12.8 Å². The highest BCUT2D eigenvalue weighted by Gasteiger charge is 2.37. The summed E-state index contributed by atoms with van der Waals surface area (Å²) < 4.78 is 0. The lowest BCUT2D eigenvalue weighted by atomic mass is 9.90. The van der Waals surface area contributed by atoms with Gasteiger partial charge in [-0.05, 0) is 25.7 Å². The summed E-state index contributed by atoms with van der Waals surface area (Å²) in [5.41, 5.74) is -1.08. The zero-order valence-corrected chi connectivity index (χ0v) is 11.5. The van der Waals surface area contributed by atoms with E-state index in [2.05, 4.69) is 5.32 Å². The average molecular weight is 255 g/mol. The fraction of sp³-hybridized carbons (Fsp3) is 0.857. The van der Waals surface area contributed by atoms with Crippen molar-refractivity contribution in [3.05, 3.63) is 0 Å². The van der Waals surface area contributed by atoms with Crippen LogP contribution < -0.4 is 5.32 Å². The first-order valence-electron chi connectivity index (χ1n) is 7.11. The molecule has 0 spiro atoms. The molecule has 0 aromatic rings. The summed E-state index contributed by atoms with van der Waals surface area (Å²) in [6.45, 7) is 3.62. The normalized spacial score (nSPS) is 18.1. The molecule has 0 bridgehead atoms. The first-order valence-corrected chi connectivity index (χ1v) is 7.11. The Morgan fingerprint density at radius 3 is 2.00 bits per heavy atom. The van der Waals surface area contributed by atoms with Gasteiger partial charge < -0.3 is 10.4 Å². The minimum atomic E-state index is -1.08. The maximum Gasteiger partial charge on any atom is 0.329 e. The minimum Gasteiger partial charge on any atom is -0.480 e. The number of amides is 1. The predicted molar refractivity (Wildman–Crippen MR) is 70.3 cm³/mol. The van der Waals surface area contributed by atoms with Crippen LogP contribution in [0.1, 0.15) is 65.2 Å². The van der Waals surface area contributed by atoms with Crippen LogP contribution in [0.5, 0.6) is 0 Å². The van der Waals surface area contributed by atoms with E-state index < -0.39 is 11.5 Å². The number of rotatable bonds is 5. The summed E-state index contributed by atoms with van der Waals surface area (Å²) in [5, 5.41) is 12.1. The highest BCUT2D eigenvalue weighted by atomic mass is 16.4. The van der Waals surface area contributed by atoms with Crippen molar-refractivity contribution in [2.75, 3.05) is 0 Å². The summed E-state index contributed by atoms with van der Waals surface area (Å²) in [6.07, 6.45) is 7.19. The van der Waals surface area contributed by atoms with Gasteiger partial charge in [0.1, 0.15) is 5.54 Å². The second kappa shape index (κ2) is 6.76. The van der Waals surface area contributed by atoms with Crippen LogP contribution in [-0.4, -0.2) is 22.5 Å². The van der Waals surface area contributed by atoms with Crippen LogP contribution in [0.25, 0.3) is 0 Å². The molecule has 0 aromatic heterocycles. The van der Waals surface area contributed by atoms with Crippen molar-refractivity contribution in [1.29, 1.82) is 0 Å². The summed E-state index contributed by atoms with van der Waals surface area (Å²) in [7, 11) is 0. The predicted octanol–water partition coefficient (Wildman–Crippen LogP) is 2.72. The number of hydrogen-bond acceptors (Lipinski definition) is 2. The van der Waals surface area contributed by atoms with Crippen molar-refractivity contribution < 1.29 is 14.7 Å². The second-order valence-electron chi connectivity index (χ2n) is 5.27. The molecule has 1 fully saturated rings. The Hall–Kier alpha value is -1.06. The van der Waals surface area contributed by atoms with E-state index in [9.17, 15) is 14.7 Å². The van der Waals surface area contributed by atoms with E-state index in [0.29, 0.717) is 12.8 Å². The monoisotopic (exact) mass is 255 g/mol. The SMILES string of the molecule is CCC(CC)(NC(=O)C1CCCCCC1)C(=O)O. The molecular formula is C14H25NO3. The molecule has 1 aliphatic carbocycles. The zero-order valence-electron chi connectivity index (χ0n) is 11.5. The van der Waals surface area contributed by atoms with E-state index in [1.807, 2.05) is 13.8 Å². The molecule has 104 valence electrons. The van der Waals surface area contributed by atoms with Gasteiger partial charge in [0.2, 0.25) is 5.91 Å². The third kappa shape index (κ3) is 3.47. The Morgan fingerprint density at radius 1 is 1.11 bits per heavy atom. The number of hydrogen-bond donors (Lipinski definition) is 2. The van der Waals surface area contributed by atoms with Gasteiger partial charge in [0, 0.05) is 5.92 Å². The maximum absolute atomic E-state index is 12.2. The Balaban J connectivity index is 2.68. The fourth-order valence-corrected chi connectivity index (χ4v) is 2.66. The van der Waals surface area contributed by atoms with Gasteiger partial charge in [-0.1, -0.05) is 39.5 Å². The molecule has 1 saturated carbocycles. The Bertz CT molecular complexity index is 289. The molecule has 0 heterocycles. The number of nitrogens with one attached hydrogen (secondary N) is 1. The van der Waals surface area contributed by atoms with Crippen LogP contribution in [0.2, 0.25) is 0 Å². The maximum atomic E-state index is 12.2. The molecule has 0 atom stereocenters. The summed E-state index contributed by atoms with van der Waals surface area (Å²) in [4.78, 5) is 23.6. The lowest BCUT2D eigenvalue weighted by molar-refractivity contribution is -0.148. The molecule has 4 heteroatoms. The van der Waals surface area contributed by atoms with E-state index >= 15 is 0 Å². The molecule has 0 aromatic carbocycles. The topological polar surface area (TPSA) is 66.4 Å². The van der Waals surface area contributed by atoms with Crippen molar-refractivity contribution in [2.24, 2.45) is 5.92 Å². The van der Waals surface area contributed by atoms with E-state index in [0.717, 1.165) is 25.7 Å². The van der Waals surface area contributed by atoms with Gasteiger partial charge >= 0.3 is 5.97 Å². The molecule has 2 N–H and O–H groups in total. The zero-order chi connectivity index (χ0) is 13.6. The van der Waals surface area contributed by atoms with Gasteiger partial charge in [-0.3, -0.25) is 4.79 Å². The summed E-state index contributed by atoms with van der Waals surface area (Å²) in [6, 6.07) is 0. The number of carbonyl (C=O) groups excluding carboxylic acids is 1. The number of carboxylic acid groups (broad SMARTS) is 1. The van der Waals surface area contributed by atoms with Gasteiger partial charge in [-0.15, -0.1) is 0 Å². The van der Waals surface area contributed by atoms with Gasteiger partial charge in [-0.2, -0.15) is 0 Å². The lowest BCUT2D eigenvalue weighted by Crippen LogP contribution is -2.55. The van der Waals surface area contributed by atoms with Crippen molar-refractivity contribution in [2.45, 2.75) is 70.8 Å². The van der Waals surface area contributed by atoms with Crippen molar-refractivity contribution in [1.82, 2.24) is 5.32 Å². The van der Waals surface area contributed by atoms with Crippen LogP contribution in [0, 0.1) is 5.92 Å². The molecule has 18 heavy (non-hydrogen) atoms. The molecule has 0 unspecified atom stereocenters. The third-order valence-electron chi connectivity index (χ3n) is 4.20. The second-order valence-corrected chi connectivity index (χ2v) is 5.27. The largest absolute Gasteiger partial charge is 0.480 e. The van der Waals surface area contributed by atoms with E-state index in [1.54, 1.807) is 0 Å². The Morgan fingerprint density at radius 2 is 1.61 bits per heavy atom. The van der Waals surface area contributed by atoms with Crippen molar-refractivity contribution >= 4 is 11.9 Å². The van der Waals surface area contributed by atoms with Gasteiger partial charge in [0.25, 0.3) is 0 Å².